The van der Waals surface area contributed by atoms with E-state index in [2.05, 4.69) is 5.32 Å². The van der Waals surface area contributed by atoms with Crippen molar-refractivity contribution < 1.29 is 28.2 Å². The van der Waals surface area contributed by atoms with Gasteiger partial charge in [0.15, 0.2) is 0 Å². The lowest BCUT2D eigenvalue weighted by atomic mass is 10.0. The Morgan fingerprint density at radius 2 is 1.84 bits per heavy atom. The number of carboxylic acids is 1. The van der Waals surface area contributed by atoms with Crippen LogP contribution in [0.4, 0.5) is 8.78 Å². The SMILES string of the molecule is COc1ccc(C[C@@H](NC(=O)c2cc(F)cc(F)c2)C(=O)O)cc1Cl. The average molecular weight is 370 g/mol. The van der Waals surface area contributed by atoms with E-state index in [0.29, 0.717) is 22.4 Å². The van der Waals surface area contributed by atoms with Crippen LogP contribution in [0, 0.1) is 11.6 Å². The van der Waals surface area contributed by atoms with Crippen molar-refractivity contribution in [3.63, 3.8) is 0 Å². The van der Waals surface area contributed by atoms with Gasteiger partial charge in [-0.3, -0.25) is 4.79 Å². The number of rotatable bonds is 6. The van der Waals surface area contributed by atoms with Gasteiger partial charge in [0.1, 0.15) is 23.4 Å². The lowest BCUT2D eigenvalue weighted by molar-refractivity contribution is -0.139. The third-order valence-electron chi connectivity index (χ3n) is 3.38. The number of hydrogen-bond donors (Lipinski definition) is 2. The number of hydrogen-bond acceptors (Lipinski definition) is 3. The van der Waals surface area contributed by atoms with E-state index in [1.54, 1.807) is 12.1 Å². The maximum absolute atomic E-state index is 13.2. The molecule has 1 atom stereocenters. The third-order valence-corrected chi connectivity index (χ3v) is 3.68. The van der Waals surface area contributed by atoms with E-state index in [4.69, 9.17) is 16.3 Å². The molecule has 25 heavy (non-hydrogen) atoms. The van der Waals surface area contributed by atoms with E-state index in [-0.39, 0.29) is 12.0 Å². The lowest BCUT2D eigenvalue weighted by Crippen LogP contribution is -2.42. The standard InChI is InChI=1S/C17H14ClF2NO4/c1-25-15-3-2-9(4-13(15)18)5-14(17(23)24)21-16(22)10-6-11(19)8-12(20)7-10/h2-4,6-8,14H,5H2,1H3,(H,21,22)(H,23,24)/t14-/m1/s1. The molecule has 0 aliphatic carbocycles. The van der Waals surface area contributed by atoms with Crippen molar-refractivity contribution in [2.24, 2.45) is 0 Å². The third kappa shape index (κ3) is 4.90. The van der Waals surface area contributed by atoms with E-state index in [9.17, 15) is 23.5 Å². The molecule has 0 fully saturated rings. The minimum atomic E-state index is -1.30. The fourth-order valence-electron chi connectivity index (χ4n) is 2.20. The Balaban J connectivity index is 2.16. The van der Waals surface area contributed by atoms with Crippen LogP contribution in [0.2, 0.25) is 5.02 Å². The van der Waals surface area contributed by atoms with Gasteiger partial charge in [-0.25, -0.2) is 13.6 Å². The molecule has 2 rings (SSSR count). The van der Waals surface area contributed by atoms with Gasteiger partial charge in [-0.15, -0.1) is 0 Å². The van der Waals surface area contributed by atoms with Crippen molar-refractivity contribution in [3.8, 4) is 5.75 Å². The number of amides is 1. The Kier molecular flexibility index (Phi) is 5.93. The summed E-state index contributed by atoms with van der Waals surface area (Å²) in [5.74, 6) is -3.63. The molecule has 0 heterocycles. The van der Waals surface area contributed by atoms with Crippen LogP contribution in [0.25, 0.3) is 0 Å². The summed E-state index contributed by atoms with van der Waals surface area (Å²) < 4.78 is 31.4. The summed E-state index contributed by atoms with van der Waals surface area (Å²) in [5.41, 5.74) is 0.237. The number of methoxy groups -OCH3 is 1. The molecule has 0 bridgehead atoms. The van der Waals surface area contributed by atoms with Crippen molar-refractivity contribution in [2.45, 2.75) is 12.5 Å². The number of aliphatic carboxylic acids is 1. The minimum absolute atomic E-state index is 0.0669. The highest BCUT2D eigenvalue weighted by atomic mass is 35.5. The van der Waals surface area contributed by atoms with Crippen molar-refractivity contribution in [2.75, 3.05) is 7.11 Å². The van der Waals surface area contributed by atoms with Gasteiger partial charge in [0, 0.05) is 18.1 Å². The summed E-state index contributed by atoms with van der Waals surface area (Å²) in [6, 6.07) is 5.65. The largest absolute Gasteiger partial charge is 0.495 e. The molecule has 1 amide bonds. The molecule has 2 aromatic carbocycles. The first kappa shape index (κ1) is 18.7. The predicted molar refractivity (Wildman–Crippen MR) is 87.0 cm³/mol. The van der Waals surface area contributed by atoms with Crippen LogP contribution in [0.3, 0.4) is 0 Å². The lowest BCUT2D eigenvalue weighted by Gasteiger charge is -2.15. The maximum atomic E-state index is 13.2. The zero-order chi connectivity index (χ0) is 18.6. The van der Waals surface area contributed by atoms with Crippen molar-refractivity contribution in [1.82, 2.24) is 5.32 Å². The molecule has 2 aromatic rings. The van der Waals surface area contributed by atoms with Gasteiger partial charge < -0.3 is 15.2 Å². The van der Waals surface area contributed by atoms with Crippen LogP contribution in [-0.2, 0) is 11.2 Å². The zero-order valence-electron chi connectivity index (χ0n) is 13.1. The number of nitrogens with one attached hydrogen (secondary N) is 1. The minimum Gasteiger partial charge on any atom is -0.495 e. The normalized spacial score (nSPS) is 11.7. The van der Waals surface area contributed by atoms with Gasteiger partial charge >= 0.3 is 5.97 Å². The smallest absolute Gasteiger partial charge is 0.326 e. The van der Waals surface area contributed by atoms with Crippen molar-refractivity contribution in [3.05, 3.63) is 64.2 Å². The molecular formula is C17H14ClF2NO4. The molecular weight excluding hydrogens is 356 g/mol. The molecule has 8 heteroatoms. The summed E-state index contributed by atoms with van der Waals surface area (Å²) >= 11 is 5.99. The molecule has 0 aromatic heterocycles. The van der Waals surface area contributed by atoms with E-state index >= 15 is 0 Å². The van der Waals surface area contributed by atoms with E-state index in [1.165, 1.54) is 13.2 Å². The molecule has 0 saturated heterocycles. The summed E-state index contributed by atoms with van der Waals surface area (Å²) in [6.45, 7) is 0. The monoisotopic (exact) mass is 369 g/mol. The summed E-state index contributed by atoms with van der Waals surface area (Å²) in [5, 5.41) is 11.8. The fourth-order valence-corrected chi connectivity index (χ4v) is 2.48. The highest BCUT2D eigenvalue weighted by molar-refractivity contribution is 6.32. The topological polar surface area (TPSA) is 75.6 Å². The van der Waals surface area contributed by atoms with Gasteiger partial charge in [0.2, 0.25) is 0 Å². The zero-order valence-corrected chi connectivity index (χ0v) is 13.8. The van der Waals surface area contributed by atoms with Gasteiger partial charge in [-0.1, -0.05) is 17.7 Å². The average Bonchev–Trinajstić information content (AvgIpc) is 2.53. The number of carbonyl (C=O) groups excluding carboxylic acids is 1. The van der Waals surface area contributed by atoms with Gasteiger partial charge in [-0.2, -0.15) is 0 Å². The van der Waals surface area contributed by atoms with Crippen LogP contribution in [-0.4, -0.2) is 30.1 Å². The molecule has 132 valence electrons. The molecule has 0 aliphatic heterocycles. The van der Waals surface area contributed by atoms with E-state index < -0.39 is 29.6 Å². The number of halogens is 3. The summed E-state index contributed by atoms with van der Waals surface area (Å²) in [7, 11) is 1.44. The molecule has 0 aliphatic rings. The van der Waals surface area contributed by atoms with Crippen LogP contribution in [0.5, 0.6) is 5.75 Å². The van der Waals surface area contributed by atoms with Crippen LogP contribution in [0.15, 0.2) is 36.4 Å². The Morgan fingerprint density at radius 1 is 1.20 bits per heavy atom. The van der Waals surface area contributed by atoms with Gasteiger partial charge in [0.05, 0.1) is 12.1 Å². The molecule has 0 unspecified atom stereocenters. The van der Waals surface area contributed by atoms with Crippen molar-refractivity contribution >= 4 is 23.5 Å². The second-order valence-electron chi connectivity index (χ2n) is 5.20. The second-order valence-corrected chi connectivity index (χ2v) is 5.60. The van der Waals surface area contributed by atoms with E-state index in [0.717, 1.165) is 12.1 Å². The molecule has 0 spiro atoms. The molecule has 2 N–H and O–H groups in total. The van der Waals surface area contributed by atoms with Crippen molar-refractivity contribution in [1.29, 1.82) is 0 Å². The highest BCUT2D eigenvalue weighted by Gasteiger charge is 2.22. The Labute approximate surface area is 147 Å². The highest BCUT2D eigenvalue weighted by Crippen LogP contribution is 2.25. The second kappa shape index (κ2) is 7.94. The number of ether oxygens (including phenoxy) is 1. The Morgan fingerprint density at radius 3 is 2.36 bits per heavy atom. The van der Waals surface area contributed by atoms with Crippen LogP contribution in [0.1, 0.15) is 15.9 Å². The Bertz CT molecular complexity index is 793. The first-order valence-electron chi connectivity index (χ1n) is 7.12. The first-order chi connectivity index (χ1) is 11.8. The number of carboxylic acid groups (broad SMARTS) is 1. The summed E-state index contributed by atoms with van der Waals surface area (Å²) in [4.78, 5) is 23.5. The maximum Gasteiger partial charge on any atom is 0.326 e. The predicted octanol–water partition coefficient (Wildman–Crippen LogP) is 3.05. The molecule has 0 radical (unpaired) electrons. The number of benzene rings is 2. The first-order valence-corrected chi connectivity index (χ1v) is 7.50. The van der Waals surface area contributed by atoms with E-state index in [1.807, 2.05) is 0 Å². The Hall–Kier alpha value is -2.67. The quantitative estimate of drug-likeness (QED) is 0.820. The number of carbonyl (C=O) groups is 2. The fraction of sp³-hybridized carbons (Fsp3) is 0.176. The molecule has 5 nitrogen and oxygen atoms in total. The molecule has 0 saturated carbocycles. The summed E-state index contributed by atoms with van der Waals surface area (Å²) in [6.07, 6.45) is -0.0669. The van der Waals surface area contributed by atoms with Gasteiger partial charge in [0.25, 0.3) is 5.91 Å². The van der Waals surface area contributed by atoms with Gasteiger partial charge in [-0.05, 0) is 29.8 Å². The van der Waals surface area contributed by atoms with Crippen LogP contribution < -0.4 is 10.1 Å². The van der Waals surface area contributed by atoms with Crippen LogP contribution >= 0.6 is 11.6 Å².